The summed E-state index contributed by atoms with van der Waals surface area (Å²) < 4.78 is 78.3. The van der Waals surface area contributed by atoms with Gasteiger partial charge in [-0.1, -0.05) is 0 Å². The van der Waals surface area contributed by atoms with Crippen molar-refractivity contribution < 1.29 is 36.2 Å². The second-order valence-electron chi connectivity index (χ2n) is 5.80. The molecule has 0 fully saturated rings. The van der Waals surface area contributed by atoms with Crippen LogP contribution in [-0.2, 0) is 0 Å². The highest BCUT2D eigenvalue weighted by Crippen LogP contribution is 2.27. The topological polar surface area (TPSA) is 35.5 Å². The van der Waals surface area contributed by atoms with Gasteiger partial charge in [-0.05, 0) is 55.5 Å². The van der Waals surface area contributed by atoms with Gasteiger partial charge in [0.15, 0.2) is 29.1 Å². The second kappa shape index (κ2) is 8.30. The Morgan fingerprint density at radius 2 is 1.10 bits per heavy atom. The molecule has 0 bridgehead atoms. The zero-order valence-corrected chi connectivity index (χ0v) is 14.9. The molecule has 3 rings (SSSR count). The standard InChI is InChI=1S/C21H13F5O3/c1-2-28-12-7-9-14(10-8-12)29-13-5-3-11(4-6-13)21(27)15-16(22)18(24)20(26)19(25)17(15)23/h3-10H,2H2,1H3. The molecule has 0 saturated heterocycles. The minimum atomic E-state index is -2.32. The maximum atomic E-state index is 13.8. The summed E-state index contributed by atoms with van der Waals surface area (Å²) in [6.07, 6.45) is 0. The Kier molecular flexibility index (Phi) is 5.81. The van der Waals surface area contributed by atoms with E-state index in [4.69, 9.17) is 9.47 Å². The van der Waals surface area contributed by atoms with Crippen LogP contribution >= 0.6 is 0 Å². The number of halogens is 5. The molecule has 3 nitrogen and oxygen atoms in total. The molecule has 0 N–H and O–H groups in total. The van der Waals surface area contributed by atoms with Crippen LogP contribution in [0.15, 0.2) is 48.5 Å². The normalized spacial score (nSPS) is 10.7. The van der Waals surface area contributed by atoms with Crippen LogP contribution in [0.25, 0.3) is 0 Å². The molecule has 29 heavy (non-hydrogen) atoms. The number of benzene rings is 3. The van der Waals surface area contributed by atoms with Crippen molar-refractivity contribution in [3.8, 4) is 17.2 Å². The molecule has 0 amide bonds. The average molecular weight is 408 g/mol. The Hall–Kier alpha value is -3.42. The van der Waals surface area contributed by atoms with Gasteiger partial charge in [-0.25, -0.2) is 22.0 Å². The van der Waals surface area contributed by atoms with Crippen LogP contribution in [-0.4, -0.2) is 12.4 Å². The van der Waals surface area contributed by atoms with Crippen LogP contribution in [0.4, 0.5) is 22.0 Å². The van der Waals surface area contributed by atoms with Crippen molar-refractivity contribution >= 4 is 5.78 Å². The molecule has 8 heteroatoms. The van der Waals surface area contributed by atoms with Crippen molar-refractivity contribution in [3.63, 3.8) is 0 Å². The SMILES string of the molecule is CCOc1ccc(Oc2ccc(C(=O)c3c(F)c(F)c(F)c(F)c3F)cc2)cc1. The van der Waals surface area contributed by atoms with Crippen molar-refractivity contribution in [2.24, 2.45) is 0 Å². The molecule has 0 unspecified atom stereocenters. The van der Waals surface area contributed by atoms with E-state index in [1.54, 1.807) is 24.3 Å². The summed E-state index contributed by atoms with van der Waals surface area (Å²) in [5.74, 6) is -11.0. The molecule has 0 aromatic heterocycles. The number of ether oxygens (including phenoxy) is 2. The first kappa shape index (κ1) is 20.3. The van der Waals surface area contributed by atoms with Gasteiger partial charge in [0.05, 0.1) is 6.61 Å². The molecule has 3 aromatic rings. The number of carbonyl (C=O) groups excluding carboxylic acids is 1. The first-order chi connectivity index (χ1) is 13.8. The van der Waals surface area contributed by atoms with E-state index < -0.39 is 40.4 Å². The zero-order chi connectivity index (χ0) is 21.1. The summed E-state index contributed by atoms with van der Waals surface area (Å²) in [6.45, 7) is 2.36. The Morgan fingerprint density at radius 3 is 1.59 bits per heavy atom. The zero-order valence-electron chi connectivity index (χ0n) is 14.9. The number of hydrogen-bond acceptors (Lipinski definition) is 3. The van der Waals surface area contributed by atoms with Gasteiger partial charge in [0.2, 0.25) is 5.82 Å². The summed E-state index contributed by atoms with van der Waals surface area (Å²) >= 11 is 0. The van der Waals surface area contributed by atoms with E-state index in [0.29, 0.717) is 23.9 Å². The molecule has 150 valence electrons. The van der Waals surface area contributed by atoms with E-state index in [2.05, 4.69) is 0 Å². The van der Waals surface area contributed by atoms with Crippen molar-refractivity contribution in [2.75, 3.05) is 6.61 Å². The van der Waals surface area contributed by atoms with Crippen LogP contribution in [0.5, 0.6) is 17.2 Å². The predicted molar refractivity (Wildman–Crippen MR) is 93.8 cm³/mol. The van der Waals surface area contributed by atoms with Crippen LogP contribution in [0.1, 0.15) is 22.8 Å². The first-order valence-electron chi connectivity index (χ1n) is 8.40. The largest absolute Gasteiger partial charge is 0.494 e. The second-order valence-corrected chi connectivity index (χ2v) is 5.80. The lowest BCUT2D eigenvalue weighted by Gasteiger charge is -2.09. The lowest BCUT2D eigenvalue weighted by molar-refractivity contribution is 0.102. The van der Waals surface area contributed by atoms with Gasteiger partial charge in [-0.15, -0.1) is 0 Å². The van der Waals surface area contributed by atoms with Gasteiger partial charge in [-0.2, -0.15) is 0 Å². The van der Waals surface area contributed by atoms with Crippen molar-refractivity contribution in [1.82, 2.24) is 0 Å². The molecule has 0 aliphatic heterocycles. The lowest BCUT2D eigenvalue weighted by atomic mass is 10.0. The predicted octanol–water partition coefficient (Wildman–Crippen LogP) is 5.80. The molecule has 3 aromatic carbocycles. The Labute approximate surface area is 162 Å². The average Bonchev–Trinajstić information content (AvgIpc) is 2.73. The Balaban J connectivity index is 1.83. The molecular weight excluding hydrogens is 395 g/mol. The van der Waals surface area contributed by atoms with Crippen LogP contribution in [0, 0.1) is 29.1 Å². The summed E-state index contributed by atoms with van der Waals surface area (Å²) in [4.78, 5) is 12.3. The van der Waals surface area contributed by atoms with E-state index in [1.807, 2.05) is 6.92 Å². The number of rotatable bonds is 6. The molecule has 0 heterocycles. The lowest BCUT2D eigenvalue weighted by Crippen LogP contribution is -2.13. The van der Waals surface area contributed by atoms with Crippen molar-refractivity contribution in [3.05, 3.63) is 88.7 Å². The van der Waals surface area contributed by atoms with Gasteiger partial charge in [-0.3, -0.25) is 4.79 Å². The molecular formula is C21H13F5O3. The maximum absolute atomic E-state index is 13.8. The quantitative estimate of drug-likeness (QED) is 0.224. The summed E-state index contributed by atoms with van der Waals surface area (Å²) in [6, 6.07) is 11.7. The fourth-order valence-corrected chi connectivity index (χ4v) is 2.53. The highest BCUT2D eigenvalue weighted by atomic mass is 19.2. The minimum absolute atomic E-state index is 0.271. The van der Waals surface area contributed by atoms with Gasteiger partial charge in [0.1, 0.15) is 22.8 Å². The van der Waals surface area contributed by atoms with Gasteiger partial charge >= 0.3 is 0 Å². The molecule has 0 aliphatic carbocycles. The smallest absolute Gasteiger partial charge is 0.200 e. The number of carbonyl (C=O) groups is 1. The number of hydrogen-bond donors (Lipinski definition) is 0. The third kappa shape index (κ3) is 4.06. The monoisotopic (exact) mass is 408 g/mol. The van der Waals surface area contributed by atoms with E-state index in [1.165, 1.54) is 12.1 Å². The molecule has 0 radical (unpaired) electrons. The third-order valence-corrected chi connectivity index (χ3v) is 3.92. The number of ketones is 1. The molecule has 0 saturated carbocycles. The van der Waals surface area contributed by atoms with E-state index in [-0.39, 0.29) is 5.56 Å². The Morgan fingerprint density at radius 1 is 0.690 bits per heavy atom. The summed E-state index contributed by atoms with van der Waals surface area (Å²) in [5.41, 5.74) is -1.78. The fraction of sp³-hybridized carbons (Fsp3) is 0.0952. The highest BCUT2D eigenvalue weighted by Gasteiger charge is 2.30. The highest BCUT2D eigenvalue weighted by molar-refractivity contribution is 6.09. The molecule has 0 spiro atoms. The van der Waals surface area contributed by atoms with Crippen LogP contribution in [0.2, 0.25) is 0 Å². The van der Waals surface area contributed by atoms with E-state index in [0.717, 1.165) is 12.1 Å². The van der Waals surface area contributed by atoms with Crippen LogP contribution in [0.3, 0.4) is 0 Å². The fourth-order valence-electron chi connectivity index (χ4n) is 2.53. The van der Waals surface area contributed by atoms with Gasteiger partial charge in [0, 0.05) is 5.56 Å². The molecule has 0 atom stereocenters. The van der Waals surface area contributed by atoms with E-state index in [9.17, 15) is 26.7 Å². The van der Waals surface area contributed by atoms with E-state index >= 15 is 0 Å². The Bertz CT molecular complexity index is 1020. The first-order valence-corrected chi connectivity index (χ1v) is 8.40. The maximum Gasteiger partial charge on any atom is 0.200 e. The van der Waals surface area contributed by atoms with Crippen molar-refractivity contribution in [2.45, 2.75) is 6.92 Å². The molecule has 0 aliphatic rings. The van der Waals surface area contributed by atoms with Gasteiger partial charge < -0.3 is 9.47 Å². The summed E-state index contributed by atoms with van der Waals surface area (Å²) in [5, 5.41) is 0. The van der Waals surface area contributed by atoms with Crippen LogP contribution < -0.4 is 9.47 Å². The van der Waals surface area contributed by atoms with Gasteiger partial charge in [0.25, 0.3) is 0 Å². The summed E-state index contributed by atoms with van der Waals surface area (Å²) in [7, 11) is 0. The minimum Gasteiger partial charge on any atom is -0.494 e. The van der Waals surface area contributed by atoms with Crippen molar-refractivity contribution in [1.29, 1.82) is 0 Å². The third-order valence-electron chi connectivity index (χ3n) is 3.92.